The number of amides is 2. The van der Waals surface area contributed by atoms with E-state index in [1.807, 2.05) is 76.1 Å². The first kappa shape index (κ1) is 65.4. The summed E-state index contributed by atoms with van der Waals surface area (Å²) in [6, 6.07) is 12.1. The first-order chi connectivity index (χ1) is 45.5. The average molecular weight is 1360 g/mol. The van der Waals surface area contributed by atoms with Crippen LogP contribution in [0, 0.1) is 35.1 Å². The zero-order valence-corrected chi connectivity index (χ0v) is 59.4. The van der Waals surface area contributed by atoms with Crippen LogP contribution >= 0.6 is 34.0 Å². The predicted octanol–water partition coefficient (Wildman–Crippen LogP) is 13.1. The van der Waals surface area contributed by atoms with E-state index >= 15 is 8.78 Å². The number of aromatic nitrogens is 9. The van der Waals surface area contributed by atoms with E-state index in [2.05, 4.69) is 116 Å². The molecule has 18 nitrogen and oxygen atoms in total. The number of alkyl halides is 2. The van der Waals surface area contributed by atoms with Crippen LogP contribution in [0.5, 0.6) is 6.01 Å². The van der Waals surface area contributed by atoms with E-state index in [4.69, 9.17) is 19.7 Å². The largest absolute Gasteiger partial charge is 0.462 e. The first-order valence-corrected chi connectivity index (χ1v) is 38.7. The van der Waals surface area contributed by atoms with Gasteiger partial charge in [-0.3, -0.25) is 24.4 Å². The van der Waals surface area contributed by atoms with Gasteiger partial charge in [0.1, 0.15) is 31.4 Å². The lowest BCUT2D eigenvalue weighted by molar-refractivity contribution is -0.141. The molecule has 1 saturated carbocycles. The molecule has 4 N–H and O–H groups in total. The number of piperidine rings is 1. The van der Waals surface area contributed by atoms with Crippen LogP contribution in [-0.2, 0) is 22.7 Å². The van der Waals surface area contributed by atoms with Crippen LogP contribution in [0.25, 0.3) is 63.0 Å². The number of nitrogens with one attached hydrogen (secondary N) is 3. The van der Waals surface area contributed by atoms with Gasteiger partial charge < -0.3 is 35.2 Å². The summed E-state index contributed by atoms with van der Waals surface area (Å²) in [4.78, 5) is 56.2. The molecule has 11 heterocycles. The highest BCUT2D eigenvalue weighted by Gasteiger charge is 2.72. The second-order valence-corrected chi connectivity index (χ2v) is 38.0. The van der Waals surface area contributed by atoms with E-state index in [-0.39, 0.29) is 56.9 Å². The molecule has 5 fully saturated rings. The number of rotatable bonds is 19. The lowest BCUT2D eigenvalue weighted by Gasteiger charge is -2.38. The van der Waals surface area contributed by atoms with E-state index in [0.717, 1.165) is 131 Å². The number of halogens is 2. The Morgan fingerprint density at radius 2 is 1.67 bits per heavy atom. The minimum absolute atomic E-state index is 0.0442. The van der Waals surface area contributed by atoms with Gasteiger partial charge in [-0.05, 0) is 103 Å². The van der Waals surface area contributed by atoms with Crippen LogP contribution in [0.1, 0.15) is 136 Å². The number of carbonyl (C=O) groups excluding carboxylic acids is 2. The molecule has 1 aliphatic carbocycles. The molecule has 7 aromatic heterocycles. The zero-order chi connectivity index (χ0) is 66.5. The predicted molar refractivity (Wildman–Crippen MR) is 377 cm³/mol. The number of carbonyl (C=O) groups is 2. The van der Waals surface area contributed by atoms with Crippen LogP contribution in [0.2, 0.25) is 16.6 Å². The number of aliphatic hydroxyl groups is 1. The smallest absolute Gasteiger partial charge is 0.319 e. The van der Waals surface area contributed by atoms with Crippen LogP contribution in [0.15, 0.2) is 65.9 Å². The maximum Gasteiger partial charge on any atom is 0.319 e. The second-order valence-electron chi connectivity index (χ2n) is 29.7. The number of hydrogen-bond acceptors (Lipinski definition) is 17. The van der Waals surface area contributed by atoms with Gasteiger partial charge in [0.25, 0.3) is 5.92 Å². The number of pyridine rings is 1. The number of benzene rings is 2. The zero-order valence-electron chi connectivity index (χ0n) is 55.9. The number of β-amino-alcohol motifs (C(OH)–C–C–N with tert-alkyl or cyclic N) is 1. The second kappa shape index (κ2) is 25.5. The Bertz CT molecular complexity index is 4390. The molecule has 14 rings (SSSR count). The van der Waals surface area contributed by atoms with Crippen LogP contribution in [-0.4, -0.2) is 156 Å². The van der Waals surface area contributed by atoms with E-state index in [0.29, 0.717) is 60.0 Å². The molecule has 9 aromatic rings. The highest BCUT2D eigenvalue weighted by Crippen LogP contribution is 2.61. The van der Waals surface area contributed by atoms with Crippen molar-refractivity contribution in [2.24, 2.45) is 16.7 Å². The normalized spacial score (nSPS) is 22.1. The van der Waals surface area contributed by atoms with E-state index in [1.54, 1.807) is 38.7 Å². The molecular formula is C71H86F2N14O4S3Si. The van der Waals surface area contributed by atoms with Crippen molar-refractivity contribution in [2.45, 2.75) is 180 Å². The Hall–Kier alpha value is -6.85. The van der Waals surface area contributed by atoms with Crippen molar-refractivity contribution in [2.75, 3.05) is 50.8 Å². The van der Waals surface area contributed by atoms with Gasteiger partial charge in [-0.25, -0.2) is 13.8 Å². The van der Waals surface area contributed by atoms with Gasteiger partial charge in [0.2, 0.25) is 11.8 Å². The number of anilines is 1. The molecule has 500 valence electrons. The number of piperazine rings is 1. The molecule has 2 amide bonds. The number of fused-ring (bicyclic) bond motifs is 7. The number of ether oxygens (including phenoxy) is 1. The molecule has 6 atom stereocenters. The third kappa shape index (κ3) is 12.4. The van der Waals surface area contributed by atoms with Gasteiger partial charge in [0.15, 0.2) is 0 Å². The number of aryl methyl sites for hydroxylation is 2. The summed E-state index contributed by atoms with van der Waals surface area (Å²) in [7, 11) is -2.08. The highest BCUT2D eigenvalue weighted by atomic mass is 32.1. The average Bonchev–Trinajstić information content (AvgIpc) is 1.58. The van der Waals surface area contributed by atoms with Crippen LogP contribution in [0.3, 0.4) is 0 Å². The monoisotopic (exact) mass is 1360 g/mol. The summed E-state index contributed by atoms with van der Waals surface area (Å²) >= 11 is 4.83. The molecule has 0 spiro atoms. The lowest BCUT2D eigenvalue weighted by atomic mass is 9.78. The van der Waals surface area contributed by atoms with E-state index in [1.165, 1.54) is 4.90 Å². The van der Waals surface area contributed by atoms with Gasteiger partial charge in [-0.2, -0.15) is 15.1 Å². The van der Waals surface area contributed by atoms with Gasteiger partial charge in [-0.1, -0.05) is 97.7 Å². The van der Waals surface area contributed by atoms with Gasteiger partial charge >= 0.3 is 6.01 Å². The Morgan fingerprint density at radius 1 is 0.937 bits per heavy atom. The Labute approximate surface area is 566 Å². The quantitative estimate of drug-likeness (QED) is 0.0439. The topological polar surface area (TPSA) is 208 Å². The molecule has 4 saturated heterocycles. The maximum atomic E-state index is 16.0. The number of aliphatic hydroxyl groups excluding tert-OH is 1. The molecule has 4 aliphatic heterocycles. The fourth-order valence-electron chi connectivity index (χ4n) is 16.3. The lowest BCUT2D eigenvalue weighted by Crippen LogP contribution is -2.51. The molecule has 95 heavy (non-hydrogen) atoms. The summed E-state index contributed by atoms with van der Waals surface area (Å²) < 4.78 is 42.4. The number of nitrogens with zero attached hydrogens (tertiary/aromatic N) is 11. The molecule has 0 radical (unpaired) electrons. The van der Waals surface area contributed by atoms with Crippen molar-refractivity contribution < 1.29 is 28.2 Å². The number of H-pyrrole nitrogens is 1. The molecule has 2 aromatic carbocycles. The minimum atomic E-state index is -2.91. The summed E-state index contributed by atoms with van der Waals surface area (Å²) in [6.45, 7) is 25.7. The molecule has 2 unspecified atom stereocenters. The number of thiazole rings is 1. The maximum absolute atomic E-state index is 16.0. The van der Waals surface area contributed by atoms with Crippen LogP contribution < -0.4 is 20.3 Å². The van der Waals surface area contributed by atoms with Crippen molar-refractivity contribution in [1.29, 1.82) is 0 Å². The van der Waals surface area contributed by atoms with Gasteiger partial charge in [0, 0.05) is 114 Å². The fraction of sp³-hybridized carbons (Fsp3) is 0.535. The SMILES string of the molecule is Cc1ncsc1-c1ccc(CNC(=O)[C@@H]2C[C@@H](O)CN2C(=O)[C@@H](c2cn(CCC3CCN(C[C@@]4(COc5nc(N6CC7CCC(C6)N7)c6c(n5)sc5c(-c7c8cn[nH]c8cc8scc(C#C[Si](C(C)C)(C(C)C)C(C)C)c78)nccc56)CC4(F)F)CC3)nn2)C(C)(C)C)cc1. The summed E-state index contributed by atoms with van der Waals surface area (Å²) in [5.41, 5.74) is 12.5. The number of hydrogen-bond donors (Lipinski definition) is 4. The van der Waals surface area contributed by atoms with Crippen LogP contribution in [0.4, 0.5) is 14.6 Å². The third-order valence-electron chi connectivity index (χ3n) is 21.5. The Balaban J connectivity index is 0.654. The van der Waals surface area contributed by atoms with E-state index in [9.17, 15) is 14.7 Å². The molecular weight excluding hydrogens is 1280 g/mol. The van der Waals surface area contributed by atoms with Gasteiger partial charge in [0.05, 0.1) is 66.7 Å². The minimum Gasteiger partial charge on any atom is -0.462 e. The van der Waals surface area contributed by atoms with Gasteiger partial charge in [-0.15, -0.1) is 44.7 Å². The Morgan fingerprint density at radius 3 is 2.36 bits per heavy atom. The number of thiophene rings is 2. The Kier molecular flexibility index (Phi) is 17.6. The third-order valence-corrected chi connectivity index (χ3v) is 30.8. The van der Waals surface area contributed by atoms with Crippen molar-refractivity contribution in [3.8, 4) is 39.2 Å². The first-order valence-electron chi connectivity index (χ1n) is 33.9. The number of likely N-dealkylation sites (tertiary alicyclic amines) is 2. The molecule has 2 bridgehead atoms. The summed E-state index contributed by atoms with van der Waals surface area (Å²) in [5, 5.41) is 40.7. The standard InChI is InChI=1S/C71H86F2N14O4S3Si/c1-40(2)95(41(3)4,42(5)6)26-21-47-35-92-56-28-53-52(30-77-81-53)58(57(47)56)61-63-51(17-22-74-61)59-64(85-31-48-15-16-49(32-85)78-48)79-68(80-66(59)94-63)91-38-70(36-71(70,72)73)37-84-23-18-44(19-24-84)20-25-86-34-54(82-83-86)60(69(8,9)10)67(90)87-33-50(88)27-55(87)65(89)75-29-45-11-13-46(14-12-45)62-43(7)76-39-93-62/h11-14,17,22,28,30,34-35,39-42,44,48-50,55,60,78,88H,15-16,18-20,23-25,27,29,31-33,36-38H2,1-10H3,(H,75,89)(H,77,81)/t48?,49?,50-,55+,60-,70-/m1/s1. The fourth-order valence-corrected chi connectivity index (χ4v) is 24.4. The summed E-state index contributed by atoms with van der Waals surface area (Å²) in [6.07, 6.45) is 9.27. The van der Waals surface area contributed by atoms with Crippen molar-refractivity contribution >= 4 is 101 Å². The highest BCUT2D eigenvalue weighted by molar-refractivity contribution is 7.26. The van der Waals surface area contributed by atoms with Crippen molar-refractivity contribution in [3.05, 3.63) is 88.4 Å². The van der Waals surface area contributed by atoms with Crippen molar-refractivity contribution in [3.63, 3.8) is 0 Å². The molecule has 5 aliphatic rings. The number of aromatic amines is 1. The summed E-state index contributed by atoms with van der Waals surface area (Å²) in [5.74, 6) is 0.673. The van der Waals surface area contributed by atoms with E-state index < -0.39 is 42.9 Å². The van der Waals surface area contributed by atoms with Crippen molar-refractivity contribution in [1.82, 2.24) is 65.6 Å². The molecule has 24 heteroatoms.